The summed E-state index contributed by atoms with van der Waals surface area (Å²) in [6.07, 6.45) is 0. The van der Waals surface area contributed by atoms with Gasteiger partial charge in [0.25, 0.3) is 0 Å². The fourth-order valence-electron chi connectivity index (χ4n) is 2.37. The van der Waals surface area contributed by atoms with E-state index in [4.69, 9.17) is 4.74 Å². The number of para-hydroxylation sites is 1. The molecule has 3 heteroatoms. The quantitative estimate of drug-likeness (QED) is 0.688. The van der Waals surface area contributed by atoms with Crippen molar-refractivity contribution in [1.29, 1.82) is 0 Å². The summed E-state index contributed by atoms with van der Waals surface area (Å²) in [7, 11) is 1.53. The van der Waals surface area contributed by atoms with Gasteiger partial charge in [0, 0.05) is 22.7 Å². The molecule has 0 aliphatic carbocycles. The minimum atomic E-state index is -0.292. The van der Waals surface area contributed by atoms with Crippen LogP contribution in [0.1, 0.15) is 5.69 Å². The second-order valence-electron chi connectivity index (χ2n) is 4.67. The van der Waals surface area contributed by atoms with Crippen LogP contribution in [0.15, 0.2) is 48.5 Å². The zero-order valence-electron chi connectivity index (χ0n) is 11.4. The van der Waals surface area contributed by atoms with Gasteiger partial charge in [0.15, 0.2) is 0 Å². The van der Waals surface area contributed by atoms with Crippen molar-refractivity contribution in [3.63, 3.8) is 0 Å². The molecule has 20 heavy (non-hydrogen) atoms. The van der Waals surface area contributed by atoms with Crippen molar-refractivity contribution in [2.75, 3.05) is 7.11 Å². The average Bonchev–Trinajstić information content (AvgIpc) is 2.46. The average molecular weight is 267 g/mol. The maximum atomic E-state index is 14.3. The first-order chi connectivity index (χ1) is 9.69. The summed E-state index contributed by atoms with van der Waals surface area (Å²) in [5.41, 5.74) is 3.16. The molecule has 1 aromatic heterocycles. The molecule has 0 aliphatic heterocycles. The minimum Gasteiger partial charge on any atom is -0.497 e. The second kappa shape index (κ2) is 4.93. The minimum absolute atomic E-state index is 0.292. The lowest BCUT2D eigenvalue weighted by atomic mass is 9.99. The van der Waals surface area contributed by atoms with Gasteiger partial charge in [-0.25, -0.2) is 4.39 Å². The Balaban J connectivity index is 2.29. The van der Waals surface area contributed by atoms with Gasteiger partial charge in [-0.1, -0.05) is 18.2 Å². The summed E-state index contributed by atoms with van der Waals surface area (Å²) in [6.45, 7) is 1.91. The summed E-state index contributed by atoms with van der Waals surface area (Å²) in [5.74, 6) is 0.224. The predicted octanol–water partition coefficient (Wildman–Crippen LogP) is 4.36. The number of hydrogen-bond acceptors (Lipinski definition) is 2. The first-order valence-electron chi connectivity index (χ1n) is 6.39. The van der Waals surface area contributed by atoms with Crippen LogP contribution in [-0.4, -0.2) is 12.1 Å². The number of hydrogen-bond donors (Lipinski definition) is 0. The molecule has 0 saturated carbocycles. The second-order valence-corrected chi connectivity index (χ2v) is 4.67. The van der Waals surface area contributed by atoms with Crippen molar-refractivity contribution in [3.05, 3.63) is 60.0 Å². The van der Waals surface area contributed by atoms with Crippen LogP contribution in [0, 0.1) is 12.7 Å². The van der Waals surface area contributed by atoms with Gasteiger partial charge in [-0.3, -0.25) is 4.98 Å². The predicted molar refractivity (Wildman–Crippen MR) is 78.4 cm³/mol. The lowest BCUT2D eigenvalue weighted by Gasteiger charge is -2.10. The van der Waals surface area contributed by atoms with Crippen LogP contribution in [-0.2, 0) is 0 Å². The number of aryl methyl sites for hydroxylation is 1. The van der Waals surface area contributed by atoms with Crippen LogP contribution < -0.4 is 4.74 Å². The third-order valence-corrected chi connectivity index (χ3v) is 3.31. The van der Waals surface area contributed by atoms with E-state index in [0.717, 1.165) is 22.2 Å². The molecule has 0 amide bonds. The van der Waals surface area contributed by atoms with Gasteiger partial charge in [-0.05, 0) is 36.8 Å². The molecule has 100 valence electrons. The Hall–Kier alpha value is -2.42. The summed E-state index contributed by atoms with van der Waals surface area (Å²) >= 11 is 0. The van der Waals surface area contributed by atoms with Crippen molar-refractivity contribution >= 4 is 10.9 Å². The van der Waals surface area contributed by atoms with E-state index in [0.29, 0.717) is 11.3 Å². The van der Waals surface area contributed by atoms with Crippen molar-refractivity contribution in [1.82, 2.24) is 4.98 Å². The summed E-state index contributed by atoms with van der Waals surface area (Å²) in [5, 5.41) is 0.946. The number of ether oxygens (including phenoxy) is 1. The molecule has 3 rings (SSSR count). The molecule has 3 aromatic rings. The van der Waals surface area contributed by atoms with Crippen molar-refractivity contribution in [2.24, 2.45) is 0 Å². The van der Waals surface area contributed by atoms with Crippen LogP contribution in [0.4, 0.5) is 4.39 Å². The van der Waals surface area contributed by atoms with Crippen molar-refractivity contribution in [2.45, 2.75) is 6.92 Å². The Bertz CT molecular complexity index is 783. The Labute approximate surface area is 116 Å². The SMILES string of the molecule is COc1ccc(-c2cc(C)nc3ccccc23)c(F)c1. The molecule has 2 aromatic carbocycles. The molecule has 0 N–H and O–H groups in total. The molecule has 0 spiro atoms. The molecule has 0 fully saturated rings. The van der Waals surface area contributed by atoms with Crippen LogP contribution in [0.5, 0.6) is 5.75 Å². The van der Waals surface area contributed by atoms with Gasteiger partial charge >= 0.3 is 0 Å². The Morgan fingerprint density at radius 2 is 1.80 bits per heavy atom. The normalized spacial score (nSPS) is 10.8. The summed E-state index contributed by atoms with van der Waals surface area (Å²) < 4.78 is 19.3. The highest BCUT2D eigenvalue weighted by molar-refractivity contribution is 5.94. The molecule has 2 nitrogen and oxygen atoms in total. The van der Waals surface area contributed by atoms with E-state index >= 15 is 0 Å². The lowest BCUT2D eigenvalue weighted by molar-refractivity contribution is 0.411. The number of methoxy groups -OCH3 is 1. The highest BCUT2D eigenvalue weighted by atomic mass is 19.1. The van der Waals surface area contributed by atoms with Gasteiger partial charge in [0.2, 0.25) is 0 Å². The van der Waals surface area contributed by atoms with Gasteiger partial charge < -0.3 is 4.74 Å². The first-order valence-corrected chi connectivity index (χ1v) is 6.39. The summed E-state index contributed by atoms with van der Waals surface area (Å²) in [4.78, 5) is 4.48. The Morgan fingerprint density at radius 3 is 2.55 bits per heavy atom. The summed E-state index contributed by atoms with van der Waals surface area (Å²) in [6, 6.07) is 14.6. The molecular weight excluding hydrogens is 253 g/mol. The molecule has 0 saturated heterocycles. The van der Waals surface area contributed by atoms with Gasteiger partial charge in [0.05, 0.1) is 12.6 Å². The topological polar surface area (TPSA) is 22.1 Å². The molecule has 1 heterocycles. The largest absolute Gasteiger partial charge is 0.497 e. The zero-order chi connectivity index (χ0) is 14.1. The number of halogens is 1. The van der Waals surface area contributed by atoms with E-state index in [1.54, 1.807) is 12.1 Å². The van der Waals surface area contributed by atoms with Crippen LogP contribution in [0.2, 0.25) is 0 Å². The fourth-order valence-corrected chi connectivity index (χ4v) is 2.37. The lowest BCUT2D eigenvalue weighted by Crippen LogP contribution is -1.92. The van der Waals surface area contributed by atoms with Crippen molar-refractivity contribution < 1.29 is 9.13 Å². The number of aromatic nitrogens is 1. The third-order valence-electron chi connectivity index (χ3n) is 3.31. The molecule has 0 radical (unpaired) electrons. The molecule has 0 bridgehead atoms. The first kappa shape index (κ1) is 12.6. The van der Waals surface area contributed by atoms with Crippen LogP contribution >= 0.6 is 0 Å². The number of rotatable bonds is 2. The van der Waals surface area contributed by atoms with Gasteiger partial charge in [0.1, 0.15) is 11.6 Å². The molecular formula is C17H14FNO. The maximum absolute atomic E-state index is 14.3. The highest BCUT2D eigenvalue weighted by Crippen LogP contribution is 2.32. The van der Waals surface area contributed by atoms with E-state index in [-0.39, 0.29) is 5.82 Å². The maximum Gasteiger partial charge on any atom is 0.134 e. The number of benzene rings is 2. The fraction of sp³-hybridized carbons (Fsp3) is 0.118. The Kier molecular flexibility index (Phi) is 3.11. The standard InChI is InChI=1S/C17H14FNO/c1-11-9-15(14-5-3-4-6-17(14)19-11)13-8-7-12(20-2)10-16(13)18/h3-10H,1-2H3. The van der Waals surface area contributed by atoms with E-state index < -0.39 is 0 Å². The van der Waals surface area contributed by atoms with Gasteiger partial charge in [-0.15, -0.1) is 0 Å². The highest BCUT2D eigenvalue weighted by Gasteiger charge is 2.11. The number of pyridine rings is 1. The van der Waals surface area contributed by atoms with E-state index in [2.05, 4.69) is 4.98 Å². The molecule has 0 aliphatic rings. The molecule has 0 atom stereocenters. The van der Waals surface area contributed by atoms with Crippen LogP contribution in [0.3, 0.4) is 0 Å². The Morgan fingerprint density at radius 1 is 1.00 bits per heavy atom. The monoisotopic (exact) mass is 267 g/mol. The van der Waals surface area contributed by atoms with Crippen molar-refractivity contribution in [3.8, 4) is 16.9 Å². The number of nitrogens with zero attached hydrogens (tertiary/aromatic N) is 1. The smallest absolute Gasteiger partial charge is 0.134 e. The zero-order valence-corrected chi connectivity index (χ0v) is 11.4. The third kappa shape index (κ3) is 2.11. The van der Waals surface area contributed by atoms with E-state index in [9.17, 15) is 4.39 Å². The van der Waals surface area contributed by atoms with Gasteiger partial charge in [-0.2, -0.15) is 0 Å². The van der Waals surface area contributed by atoms with E-state index in [1.807, 2.05) is 37.3 Å². The van der Waals surface area contributed by atoms with E-state index in [1.165, 1.54) is 13.2 Å². The molecule has 0 unspecified atom stereocenters. The van der Waals surface area contributed by atoms with Crippen LogP contribution in [0.25, 0.3) is 22.0 Å². The number of fused-ring (bicyclic) bond motifs is 1.